The lowest BCUT2D eigenvalue weighted by atomic mass is 9.93. The third kappa shape index (κ3) is 7.12. The molecule has 2 heterocycles. The van der Waals surface area contributed by atoms with Crippen LogP contribution in [0.5, 0.6) is 0 Å². The average Bonchev–Trinajstić information content (AvgIpc) is 3.49. The van der Waals surface area contributed by atoms with Gasteiger partial charge in [-0.25, -0.2) is 4.79 Å². The third-order valence-electron chi connectivity index (χ3n) is 8.24. The molecule has 4 rings (SSSR count). The van der Waals surface area contributed by atoms with Crippen molar-refractivity contribution in [1.82, 2.24) is 14.7 Å². The van der Waals surface area contributed by atoms with Gasteiger partial charge in [0.05, 0.1) is 22.7 Å². The van der Waals surface area contributed by atoms with Crippen molar-refractivity contribution >= 4 is 41.1 Å². The number of nitrogens with zero attached hydrogens (tertiary/aromatic N) is 3. The summed E-state index contributed by atoms with van der Waals surface area (Å²) in [6.07, 6.45) is -3.44. The normalized spacial score (nSPS) is 23.1. The number of carbonyl (C=O) groups excluding carboxylic acids is 3. The van der Waals surface area contributed by atoms with Gasteiger partial charge < -0.3 is 19.4 Å². The lowest BCUT2D eigenvalue weighted by Gasteiger charge is -2.34. The van der Waals surface area contributed by atoms with Crippen molar-refractivity contribution in [3.05, 3.63) is 33.8 Å². The van der Waals surface area contributed by atoms with Crippen LogP contribution in [0.25, 0.3) is 0 Å². The molecule has 0 radical (unpaired) electrons. The van der Waals surface area contributed by atoms with Crippen LogP contribution in [0.2, 0.25) is 10.0 Å². The van der Waals surface area contributed by atoms with E-state index >= 15 is 0 Å². The Morgan fingerprint density at radius 3 is 2.33 bits per heavy atom. The summed E-state index contributed by atoms with van der Waals surface area (Å²) >= 11 is 12.4. The third-order valence-corrected chi connectivity index (χ3v) is 8.97. The molecule has 0 aromatic heterocycles. The lowest BCUT2D eigenvalue weighted by molar-refractivity contribution is -0.142. The fourth-order valence-electron chi connectivity index (χ4n) is 5.47. The van der Waals surface area contributed by atoms with Crippen LogP contribution in [0.4, 0.5) is 18.0 Å². The quantitative estimate of drug-likeness (QED) is 0.379. The van der Waals surface area contributed by atoms with Crippen molar-refractivity contribution in [2.45, 2.75) is 63.6 Å². The van der Waals surface area contributed by atoms with Gasteiger partial charge in [-0.3, -0.25) is 9.59 Å². The molecule has 0 spiro atoms. The van der Waals surface area contributed by atoms with Gasteiger partial charge in [-0.1, -0.05) is 36.2 Å². The van der Waals surface area contributed by atoms with Crippen LogP contribution in [0.15, 0.2) is 18.2 Å². The standard InChI is InChI=1S/C27H34Cl2F3N3O4/c1-26(9-10-26)24(37)34-11-6-17(7-12-34)23(36)35-15-19(18-4-5-20(28)21(29)14-18)22(16-35)33(2)25(38)39-13-3-8-27(30,31)32/h4-5,14,17,19,22H,3,6-13,15-16H2,1-2H3/t19-,22+/m1/s1. The fourth-order valence-corrected chi connectivity index (χ4v) is 5.78. The van der Waals surface area contributed by atoms with Crippen LogP contribution in [-0.2, 0) is 14.3 Å². The molecule has 7 nitrogen and oxygen atoms in total. The van der Waals surface area contributed by atoms with E-state index in [4.69, 9.17) is 27.9 Å². The molecule has 3 fully saturated rings. The monoisotopic (exact) mass is 591 g/mol. The van der Waals surface area contributed by atoms with E-state index in [9.17, 15) is 27.6 Å². The number of likely N-dealkylation sites (N-methyl/N-ethyl adjacent to an activating group) is 1. The number of hydrogen-bond acceptors (Lipinski definition) is 4. The van der Waals surface area contributed by atoms with Gasteiger partial charge in [0, 0.05) is 56.9 Å². The van der Waals surface area contributed by atoms with Crippen molar-refractivity contribution in [3.63, 3.8) is 0 Å². The summed E-state index contributed by atoms with van der Waals surface area (Å²) in [4.78, 5) is 44.0. The molecule has 2 saturated heterocycles. The molecule has 1 aromatic carbocycles. The number of alkyl halides is 3. The summed E-state index contributed by atoms with van der Waals surface area (Å²) in [5.41, 5.74) is 0.553. The number of carbonyl (C=O) groups is 3. The Hall–Kier alpha value is -2.20. The lowest BCUT2D eigenvalue weighted by Crippen LogP contribution is -2.46. The number of rotatable bonds is 7. The van der Waals surface area contributed by atoms with Crippen LogP contribution >= 0.6 is 23.2 Å². The highest BCUT2D eigenvalue weighted by molar-refractivity contribution is 6.42. The smallest absolute Gasteiger partial charge is 0.409 e. The zero-order valence-electron chi connectivity index (χ0n) is 22.1. The Labute approximate surface area is 236 Å². The number of likely N-dealkylation sites (tertiary alicyclic amines) is 2. The molecule has 2 aliphatic heterocycles. The molecule has 216 valence electrons. The molecule has 12 heteroatoms. The van der Waals surface area contributed by atoms with E-state index in [1.54, 1.807) is 23.1 Å². The first-order chi connectivity index (χ1) is 18.3. The fraction of sp³-hybridized carbons (Fsp3) is 0.667. The van der Waals surface area contributed by atoms with E-state index in [-0.39, 0.29) is 48.6 Å². The van der Waals surface area contributed by atoms with Gasteiger partial charge in [-0.05, 0) is 49.8 Å². The maximum atomic E-state index is 13.6. The van der Waals surface area contributed by atoms with Gasteiger partial charge in [0.2, 0.25) is 11.8 Å². The molecule has 1 aliphatic carbocycles. The highest BCUT2D eigenvalue weighted by Gasteiger charge is 2.48. The number of amides is 3. The summed E-state index contributed by atoms with van der Waals surface area (Å²) in [7, 11) is 1.53. The zero-order chi connectivity index (χ0) is 28.5. The molecule has 39 heavy (non-hydrogen) atoms. The van der Waals surface area contributed by atoms with Crippen molar-refractivity contribution in [3.8, 4) is 0 Å². The highest BCUT2D eigenvalue weighted by Crippen LogP contribution is 2.47. The molecule has 0 unspecified atom stereocenters. The number of halogens is 5. The van der Waals surface area contributed by atoms with Crippen molar-refractivity contribution in [1.29, 1.82) is 0 Å². The summed E-state index contributed by atoms with van der Waals surface area (Å²) in [6.45, 7) is 3.30. The van der Waals surface area contributed by atoms with E-state index < -0.39 is 24.7 Å². The molecule has 3 amide bonds. The first-order valence-corrected chi connectivity index (χ1v) is 14.0. The summed E-state index contributed by atoms with van der Waals surface area (Å²) < 4.78 is 42.4. The Morgan fingerprint density at radius 2 is 1.74 bits per heavy atom. The Bertz CT molecular complexity index is 1090. The minimum absolute atomic E-state index is 0.0285. The second-order valence-corrected chi connectivity index (χ2v) is 12.0. The van der Waals surface area contributed by atoms with Crippen molar-refractivity contribution in [2.24, 2.45) is 11.3 Å². The number of benzene rings is 1. The van der Waals surface area contributed by atoms with Crippen LogP contribution in [0, 0.1) is 11.3 Å². The maximum absolute atomic E-state index is 13.6. The zero-order valence-corrected chi connectivity index (χ0v) is 23.6. The van der Waals surface area contributed by atoms with E-state index in [0.717, 1.165) is 18.4 Å². The topological polar surface area (TPSA) is 70.2 Å². The van der Waals surface area contributed by atoms with E-state index in [2.05, 4.69) is 0 Å². The Morgan fingerprint density at radius 1 is 1.08 bits per heavy atom. The van der Waals surface area contributed by atoms with Gasteiger partial charge in [0.1, 0.15) is 0 Å². The molecule has 0 bridgehead atoms. The second-order valence-electron chi connectivity index (χ2n) is 11.2. The van der Waals surface area contributed by atoms with E-state index in [1.807, 2.05) is 11.8 Å². The van der Waals surface area contributed by atoms with E-state index in [1.165, 1.54) is 11.9 Å². The molecule has 0 N–H and O–H groups in total. The number of hydrogen-bond donors (Lipinski definition) is 0. The summed E-state index contributed by atoms with van der Waals surface area (Å²) in [6, 6.07) is 4.69. The van der Waals surface area contributed by atoms with Crippen LogP contribution in [0.3, 0.4) is 0 Å². The van der Waals surface area contributed by atoms with Gasteiger partial charge in [0.25, 0.3) is 0 Å². The molecular weight excluding hydrogens is 558 g/mol. The second kappa shape index (κ2) is 11.7. The SMILES string of the molecule is CN(C(=O)OCCCC(F)(F)F)[C@H]1CN(C(=O)C2CCN(C(=O)C3(C)CC3)CC2)C[C@@H]1c1ccc(Cl)c(Cl)c1. The van der Waals surface area contributed by atoms with Crippen molar-refractivity contribution < 1.29 is 32.3 Å². The maximum Gasteiger partial charge on any atom is 0.409 e. The number of ether oxygens (including phenoxy) is 1. The minimum atomic E-state index is -4.32. The first kappa shape index (κ1) is 29.8. The molecule has 1 aromatic rings. The van der Waals surface area contributed by atoms with Gasteiger partial charge >= 0.3 is 12.3 Å². The van der Waals surface area contributed by atoms with E-state index in [0.29, 0.717) is 42.5 Å². The largest absolute Gasteiger partial charge is 0.449 e. The van der Waals surface area contributed by atoms with Crippen LogP contribution in [-0.4, -0.2) is 84.7 Å². The summed E-state index contributed by atoms with van der Waals surface area (Å²) in [5.74, 6) is -0.384. The van der Waals surface area contributed by atoms with Gasteiger partial charge in [0.15, 0.2) is 0 Å². The van der Waals surface area contributed by atoms with Crippen LogP contribution < -0.4 is 0 Å². The molecule has 1 saturated carbocycles. The highest BCUT2D eigenvalue weighted by atomic mass is 35.5. The first-order valence-electron chi connectivity index (χ1n) is 13.3. The Balaban J connectivity index is 1.42. The average molecular weight is 592 g/mol. The van der Waals surface area contributed by atoms with Crippen molar-refractivity contribution in [2.75, 3.05) is 39.8 Å². The van der Waals surface area contributed by atoms with Crippen LogP contribution in [0.1, 0.15) is 56.9 Å². The summed E-state index contributed by atoms with van der Waals surface area (Å²) in [5, 5.41) is 0.721. The predicted octanol–water partition coefficient (Wildman–Crippen LogP) is 5.74. The Kier molecular flexibility index (Phi) is 8.95. The molecular formula is C27H34Cl2F3N3O4. The number of piperidine rings is 1. The minimum Gasteiger partial charge on any atom is -0.449 e. The molecule has 2 atom stereocenters. The van der Waals surface area contributed by atoms with Gasteiger partial charge in [-0.15, -0.1) is 0 Å². The molecule has 3 aliphatic rings. The van der Waals surface area contributed by atoms with Gasteiger partial charge in [-0.2, -0.15) is 13.2 Å². The predicted molar refractivity (Wildman–Crippen MR) is 141 cm³/mol.